The van der Waals surface area contributed by atoms with Gasteiger partial charge >= 0.3 is 0 Å². The molecule has 1 N–H and O–H groups in total. The first-order chi connectivity index (χ1) is 13.1. The van der Waals surface area contributed by atoms with Crippen LogP contribution in [0.3, 0.4) is 0 Å². The number of nitrogens with one attached hydrogen (secondary N) is 1. The lowest BCUT2D eigenvalue weighted by molar-refractivity contribution is 0.102. The fourth-order valence-electron chi connectivity index (χ4n) is 2.58. The third-order valence-corrected chi connectivity index (χ3v) is 4.90. The van der Waals surface area contributed by atoms with Gasteiger partial charge in [-0.1, -0.05) is 0 Å². The van der Waals surface area contributed by atoms with Crippen molar-refractivity contribution in [2.45, 2.75) is 13.8 Å². The van der Waals surface area contributed by atoms with Crippen molar-refractivity contribution in [1.29, 1.82) is 0 Å². The van der Waals surface area contributed by atoms with Crippen molar-refractivity contribution in [1.82, 2.24) is 29.5 Å². The van der Waals surface area contributed by atoms with Crippen molar-refractivity contribution in [3.05, 3.63) is 65.7 Å². The molecule has 0 unspecified atom stereocenters. The van der Waals surface area contributed by atoms with E-state index in [-0.39, 0.29) is 5.91 Å². The highest BCUT2D eigenvalue weighted by Crippen LogP contribution is 2.27. The summed E-state index contributed by atoms with van der Waals surface area (Å²) in [5.74, 6) is -0.314. The Morgan fingerprint density at radius 3 is 2.78 bits per heavy atom. The molecule has 4 aromatic rings. The van der Waals surface area contributed by atoms with Gasteiger partial charge in [-0.15, -0.1) is 11.3 Å². The van der Waals surface area contributed by atoms with Gasteiger partial charge in [-0.2, -0.15) is 0 Å². The zero-order chi connectivity index (χ0) is 18.8. The minimum absolute atomic E-state index is 0.314. The van der Waals surface area contributed by atoms with E-state index >= 15 is 0 Å². The lowest BCUT2D eigenvalue weighted by Gasteiger charge is -2.06. The molecule has 0 aliphatic rings. The molecule has 0 saturated heterocycles. The normalized spacial score (nSPS) is 10.7. The van der Waals surface area contributed by atoms with Gasteiger partial charge in [0.25, 0.3) is 5.91 Å². The molecule has 0 bridgehead atoms. The molecule has 0 atom stereocenters. The average molecular weight is 377 g/mol. The molecule has 0 aromatic carbocycles. The minimum atomic E-state index is -0.314. The van der Waals surface area contributed by atoms with Crippen LogP contribution in [0.25, 0.3) is 17.1 Å². The molecule has 27 heavy (non-hydrogen) atoms. The lowest BCUT2D eigenvalue weighted by Crippen LogP contribution is -2.16. The molecule has 0 aliphatic carbocycles. The van der Waals surface area contributed by atoms with Crippen molar-refractivity contribution >= 4 is 22.4 Å². The standard InChI is InChI=1S/C18H15N7OS/c1-11-3-4-22-16(12(11)2)14-8-27-18(23-14)24-17(26)15-7-21-10-25(15)13-5-19-9-20-6-13/h3-10H,1-2H3,(H,23,24,26). The van der Waals surface area contributed by atoms with Gasteiger partial charge in [-0.25, -0.2) is 19.9 Å². The number of nitrogens with zero attached hydrogens (tertiary/aromatic N) is 6. The molecule has 0 fully saturated rings. The Morgan fingerprint density at radius 2 is 1.96 bits per heavy atom. The number of carbonyl (C=O) groups is 1. The van der Waals surface area contributed by atoms with Crippen molar-refractivity contribution in [3.8, 4) is 17.1 Å². The van der Waals surface area contributed by atoms with E-state index in [1.807, 2.05) is 25.3 Å². The van der Waals surface area contributed by atoms with Crippen molar-refractivity contribution in [2.75, 3.05) is 5.32 Å². The Balaban J connectivity index is 1.58. The summed E-state index contributed by atoms with van der Waals surface area (Å²) < 4.78 is 1.62. The van der Waals surface area contributed by atoms with Crippen LogP contribution in [-0.2, 0) is 0 Å². The summed E-state index contributed by atoms with van der Waals surface area (Å²) in [5.41, 5.74) is 4.79. The molecule has 4 heterocycles. The van der Waals surface area contributed by atoms with Crippen LogP contribution in [0.1, 0.15) is 21.6 Å². The molecule has 8 nitrogen and oxygen atoms in total. The van der Waals surface area contributed by atoms with Crippen molar-refractivity contribution < 1.29 is 4.79 Å². The highest BCUT2D eigenvalue weighted by molar-refractivity contribution is 7.14. The highest BCUT2D eigenvalue weighted by Gasteiger charge is 2.16. The van der Waals surface area contributed by atoms with E-state index in [4.69, 9.17) is 0 Å². The van der Waals surface area contributed by atoms with E-state index in [0.717, 1.165) is 22.5 Å². The van der Waals surface area contributed by atoms with Gasteiger partial charge in [0.15, 0.2) is 5.13 Å². The quantitative estimate of drug-likeness (QED) is 0.587. The fraction of sp³-hybridized carbons (Fsp3) is 0.111. The molecule has 0 aliphatic heterocycles. The van der Waals surface area contributed by atoms with E-state index in [0.29, 0.717) is 16.5 Å². The molecule has 0 radical (unpaired) electrons. The topological polar surface area (TPSA) is 98.5 Å². The van der Waals surface area contributed by atoms with E-state index in [1.165, 1.54) is 23.9 Å². The van der Waals surface area contributed by atoms with Crippen LogP contribution in [0.5, 0.6) is 0 Å². The van der Waals surface area contributed by atoms with Crippen molar-refractivity contribution in [3.63, 3.8) is 0 Å². The second kappa shape index (κ2) is 7.04. The Hall–Kier alpha value is -3.46. The summed E-state index contributed by atoms with van der Waals surface area (Å²) in [4.78, 5) is 33.6. The third kappa shape index (κ3) is 3.32. The van der Waals surface area contributed by atoms with E-state index < -0.39 is 0 Å². The summed E-state index contributed by atoms with van der Waals surface area (Å²) >= 11 is 1.35. The van der Waals surface area contributed by atoms with Crippen LogP contribution < -0.4 is 5.32 Å². The summed E-state index contributed by atoms with van der Waals surface area (Å²) in [6.45, 7) is 4.04. The van der Waals surface area contributed by atoms with Gasteiger partial charge in [-0.3, -0.25) is 19.7 Å². The average Bonchev–Trinajstić information content (AvgIpc) is 3.34. The Morgan fingerprint density at radius 1 is 1.15 bits per heavy atom. The van der Waals surface area contributed by atoms with Gasteiger partial charge < -0.3 is 0 Å². The molecule has 4 rings (SSSR count). The Kier molecular flexibility index (Phi) is 4.43. The van der Waals surface area contributed by atoms with Crippen LogP contribution in [0, 0.1) is 13.8 Å². The van der Waals surface area contributed by atoms with E-state index in [2.05, 4.69) is 30.2 Å². The highest BCUT2D eigenvalue weighted by atomic mass is 32.1. The van der Waals surface area contributed by atoms with Crippen LogP contribution in [0.15, 0.2) is 48.9 Å². The number of hydrogen-bond donors (Lipinski definition) is 1. The maximum atomic E-state index is 12.7. The smallest absolute Gasteiger partial charge is 0.276 e. The van der Waals surface area contributed by atoms with Gasteiger partial charge in [0.2, 0.25) is 0 Å². The maximum absolute atomic E-state index is 12.7. The number of anilines is 1. The summed E-state index contributed by atoms with van der Waals surface area (Å²) in [7, 11) is 0. The number of thiazole rings is 1. The molecular formula is C18H15N7OS. The summed E-state index contributed by atoms with van der Waals surface area (Å²) in [5, 5.41) is 5.19. The molecule has 4 aromatic heterocycles. The molecule has 9 heteroatoms. The number of aryl methyl sites for hydroxylation is 1. The second-order valence-corrected chi connectivity index (χ2v) is 6.70. The number of hydrogen-bond acceptors (Lipinski definition) is 7. The van der Waals surface area contributed by atoms with Crippen LogP contribution in [0.4, 0.5) is 5.13 Å². The monoisotopic (exact) mass is 377 g/mol. The largest absolute Gasteiger partial charge is 0.296 e. The number of pyridine rings is 1. The number of aromatic nitrogens is 6. The molecule has 134 valence electrons. The van der Waals surface area contributed by atoms with E-state index in [9.17, 15) is 4.79 Å². The first kappa shape index (κ1) is 17.0. The van der Waals surface area contributed by atoms with Crippen LogP contribution in [0.2, 0.25) is 0 Å². The number of imidazole rings is 1. The number of rotatable bonds is 4. The van der Waals surface area contributed by atoms with Crippen LogP contribution >= 0.6 is 11.3 Å². The Labute approximate surface area is 159 Å². The van der Waals surface area contributed by atoms with Gasteiger partial charge in [-0.05, 0) is 31.0 Å². The SMILES string of the molecule is Cc1ccnc(-c2csc(NC(=O)c3cncn3-c3cncnc3)n2)c1C. The molecule has 0 saturated carbocycles. The van der Waals surface area contributed by atoms with Gasteiger partial charge in [0, 0.05) is 11.6 Å². The maximum Gasteiger partial charge on any atom is 0.276 e. The predicted octanol–water partition coefficient (Wildman–Crippen LogP) is 3.05. The summed E-state index contributed by atoms with van der Waals surface area (Å²) in [6.07, 6.45) is 9.44. The number of carbonyl (C=O) groups excluding carboxylic acids is 1. The molecule has 1 amide bonds. The first-order valence-electron chi connectivity index (χ1n) is 8.10. The van der Waals surface area contributed by atoms with Crippen LogP contribution in [-0.4, -0.2) is 35.4 Å². The minimum Gasteiger partial charge on any atom is -0.296 e. The lowest BCUT2D eigenvalue weighted by atomic mass is 10.1. The summed E-state index contributed by atoms with van der Waals surface area (Å²) in [6, 6.07) is 1.96. The fourth-order valence-corrected chi connectivity index (χ4v) is 3.27. The zero-order valence-corrected chi connectivity index (χ0v) is 15.4. The predicted molar refractivity (Wildman–Crippen MR) is 102 cm³/mol. The third-order valence-electron chi connectivity index (χ3n) is 4.14. The van der Waals surface area contributed by atoms with Gasteiger partial charge in [0.1, 0.15) is 17.7 Å². The first-order valence-corrected chi connectivity index (χ1v) is 8.98. The molecular weight excluding hydrogens is 362 g/mol. The number of amides is 1. The zero-order valence-electron chi connectivity index (χ0n) is 14.6. The van der Waals surface area contributed by atoms with E-state index in [1.54, 1.807) is 29.5 Å². The second-order valence-electron chi connectivity index (χ2n) is 5.84. The van der Waals surface area contributed by atoms with Crippen molar-refractivity contribution in [2.24, 2.45) is 0 Å². The van der Waals surface area contributed by atoms with Gasteiger partial charge in [0.05, 0.1) is 36.3 Å². The Bertz CT molecular complexity index is 1100. The molecule has 0 spiro atoms.